The summed E-state index contributed by atoms with van der Waals surface area (Å²) < 4.78 is 0.680. The number of carbonyl (C=O) groups is 1. The fourth-order valence-corrected chi connectivity index (χ4v) is 2.14. The molecule has 0 spiro atoms. The molecule has 0 atom stereocenters. The summed E-state index contributed by atoms with van der Waals surface area (Å²) in [6.45, 7) is 4.89. The lowest BCUT2D eigenvalue weighted by Gasteiger charge is -2.17. The molecule has 0 heterocycles. The van der Waals surface area contributed by atoms with Gasteiger partial charge >= 0.3 is 0 Å². The van der Waals surface area contributed by atoms with Crippen molar-refractivity contribution in [1.82, 2.24) is 4.90 Å². The number of hydrogen-bond donors (Lipinski definition) is 1. The molecule has 0 bridgehead atoms. The number of amides is 1. The lowest BCUT2D eigenvalue weighted by atomic mass is 10.1. The van der Waals surface area contributed by atoms with Crippen LogP contribution in [-0.4, -0.2) is 29.0 Å². The van der Waals surface area contributed by atoms with Crippen LogP contribution in [-0.2, 0) is 4.79 Å². The fourth-order valence-electron chi connectivity index (χ4n) is 1.60. The number of halogens is 1. The van der Waals surface area contributed by atoms with E-state index in [4.69, 9.17) is 5.26 Å². The quantitative estimate of drug-likeness (QED) is 0.504. The molecule has 0 aromatic heterocycles. The summed E-state index contributed by atoms with van der Waals surface area (Å²) in [4.78, 5) is 13.7. The minimum atomic E-state index is -0.268. The second-order valence-electron chi connectivity index (χ2n) is 3.86. The Hall–Kier alpha value is -1.55. The van der Waals surface area contributed by atoms with E-state index in [9.17, 15) is 9.90 Å². The average molecular weight is 370 g/mol. The highest BCUT2D eigenvalue weighted by molar-refractivity contribution is 14.1. The van der Waals surface area contributed by atoms with Crippen molar-refractivity contribution in [3.63, 3.8) is 0 Å². The van der Waals surface area contributed by atoms with E-state index in [-0.39, 0.29) is 17.2 Å². The van der Waals surface area contributed by atoms with Crippen molar-refractivity contribution in [2.45, 2.75) is 13.8 Å². The molecule has 5 heteroatoms. The molecule has 0 unspecified atom stereocenters. The zero-order chi connectivity index (χ0) is 14.4. The molecule has 0 saturated heterocycles. The van der Waals surface area contributed by atoms with E-state index < -0.39 is 0 Å². The lowest BCUT2D eigenvalue weighted by Crippen LogP contribution is -2.31. The zero-order valence-electron chi connectivity index (χ0n) is 10.9. The average Bonchev–Trinajstić information content (AvgIpc) is 2.41. The van der Waals surface area contributed by atoms with Gasteiger partial charge in [-0.15, -0.1) is 0 Å². The first-order chi connectivity index (χ1) is 9.03. The molecule has 0 saturated carbocycles. The van der Waals surface area contributed by atoms with Gasteiger partial charge < -0.3 is 10.0 Å². The van der Waals surface area contributed by atoms with Gasteiger partial charge in [0.05, 0.1) is 3.57 Å². The molecule has 1 N–H and O–H groups in total. The third kappa shape index (κ3) is 3.96. The highest BCUT2D eigenvalue weighted by Crippen LogP contribution is 2.21. The molecule has 0 aliphatic rings. The van der Waals surface area contributed by atoms with Crippen LogP contribution in [0.1, 0.15) is 19.4 Å². The number of benzene rings is 1. The van der Waals surface area contributed by atoms with Crippen LogP contribution in [0, 0.1) is 14.9 Å². The summed E-state index contributed by atoms with van der Waals surface area (Å²) in [7, 11) is 0. The topological polar surface area (TPSA) is 64.3 Å². The standard InChI is InChI=1S/C14H15IN2O2/c1-3-17(4-2)14(19)11(9-16)7-10-5-6-13(18)12(15)8-10/h5-8,18H,3-4H2,1-2H3/b11-7-. The van der Waals surface area contributed by atoms with Gasteiger partial charge in [0.1, 0.15) is 17.4 Å². The molecule has 1 rings (SSSR count). The second kappa shape index (κ2) is 7.14. The van der Waals surface area contributed by atoms with Crippen LogP contribution in [0.4, 0.5) is 0 Å². The molecule has 0 fully saturated rings. The zero-order valence-corrected chi connectivity index (χ0v) is 13.0. The highest BCUT2D eigenvalue weighted by Gasteiger charge is 2.15. The Morgan fingerprint density at radius 2 is 2.11 bits per heavy atom. The van der Waals surface area contributed by atoms with Gasteiger partial charge in [0.15, 0.2) is 0 Å². The Morgan fingerprint density at radius 1 is 1.47 bits per heavy atom. The summed E-state index contributed by atoms with van der Waals surface area (Å²) >= 11 is 2.00. The first-order valence-electron chi connectivity index (χ1n) is 5.93. The van der Waals surface area contributed by atoms with Gasteiger partial charge in [-0.2, -0.15) is 5.26 Å². The maximum Gasteiger partial charge on any atom is 0.264 e. The Bertz CT molecular complexity index is 543. The lowest BCUT2D eigenvalue weighted by molar-refractivity contribution is -0.126. The highest BCUT2D eigenvalue weighted by atomic mass is 127. The molecule has 0 aliphatic carbocycles. The monoisotopic (exact) mass is 370 g/mol. The SMILES string of the molecule is CCN(CC)C(=O)/C(C#N)=C\c1ccc(O)c(I)c1. The van der Waals surface area contributed by atoms with Crippen LogP contribution in [0.5, 0.6) is 5.75 Å². The van der Waals surface area contributed by atoms with E-state index in [0.717, 1.165) is 5.56 Å². The molecule has 19 heavy (non-hydrogen) atoms. The predicted molar refractivity (Wildman–Crippen MR) is 82.3 cm³/mol. The predicted octanol–water partition coefficient (Wildman–Crippen LogP) is 2.77. The summed E-state index contributed by atoms with van der Waals surface area (Å²) in [5, 5.41) is 18.5. The molecule has 1 amide bonds. The molecule has 0 radical (unpaired) electrons. The van der Waals surface area contributed by atoms with Crippen molar-refractivity contribution in [3.05, 3.63) is 32.9 Å². The minimum absolute atomic E-state index is 0.102. The van der Waals surface area contributed by atoms with E-state index in [1.54, 1.807) is 29.2 Å². The number of aromatic hydroxyl groups is 1. The van der Waals surface area contributed by atoms with E-state index in [0.29, 0.717) is 16.7 Å². The summed E-state index contributed by atoms with van der Waals surface area (Å²) in [6, 6.07) is 6.88. The van der Waals surface area contributed by atoms with E-state index >= 15 is 0 Å². The van der Waals surface area contributed by atoms with Crippen LogP contribution in [0.25, 0.3) is 6.08 Å². The number of phenolic OH excluding ortho intramolecular Hbond substituents is 1. The molecule has 1 aromatic rings. The van der Waals surface area contributed by atoms with Crippen LogP contribution >= 0.6 is 22.6 Å². The largest absolute Gasteiger partial charge is 0.507 e. The van der Waals surface area contributed by atoms with Gasteiger partial charge in [0, 0.05) is 13.1 Å². The maximum absolute atomic E-state index is 12.1. The smallest absolute Gasteiger partial charge is 0.264 e. The van der Waals surface area contributed by atoms with Crippen LogP contribution in [0.2, 0.25) is 0 Å². The molecule has 4 nitrogen and oxygen atoms in total. The molecule has 0 aliphatic heterocycles. The van der Waals surface area contributed by atoms with Gasteiger partial charge in [-0.25, -0.2) is 0 Å². The Kier molecular flexibility index (Phi) is 5.83. The van der Waals surface area contributed by atoms with Crippen LogP contribution in [0.3, 0.4) is 0 Å². The fraction of sp³-hybridized carbons (Fsp3) is 0.286. The number of nitrogens with zero attached hydrogens (tertiary/aromatic N) is 2. The van der Waals surface area contributed by atoms with Gasteiger partial charge in [-0.3, -0.25) is 4.79 Å². The Labute approximate surface area is 126 Å². The first kappa shape index (κ1) is 15.5. The Balaban J connectivity index is 3.09. The summed E-state index contributed by atoms with van der Waals surface area (Å²) in [6.07, 6.45) is 1.54. The molecule has 1 aromatic carbocycles. The van der Waals surface area contributed by atoms with Gasteiger partial charge in [0.2, 0.25) is 0 Å². The summed E-state index contributed by atoms with van der Waals surface area (Å²) in [5.74, 6) is -0.0816. The number of nitriles is 1. The van der Waals surface area contributed by atoms with Crippen molar-refractivity contribution in [3.8, 4) is 11.8 Å². The van der Waals surface area contributed by atoms with E-state index in [2.05, 4.69) is 0 Å². The van der Waals surface area contributed by atoms with Crippen molar-refractivity contribution in [1.29, 1.82) is 5.26 Å². The first-order valence-corrected chi connectivity index (χ1v) is 7.00. The van der Waals surface area contributed by atoms with Gasteiger partial charge in [0.25, 0.3) is 5.91 Å². The second-order valence-corrected chi connectivity index (χ2v) is 5.02. The van der Waals surface area contributed by atoms with Crippen LogP contribution < -0.4 is 0 Å². The van der Waals surface area contributed by atoms with Gasteiger partial charge in [-0.1, -0.05) is 6.07 Å². The third-order valence-electron chi connectivity index (χ3n) is 2.68. The number of carbonyl (C=O) groups excluding carboxylic acids is 1. The van der Waals surface area contributed by atoms with Crippen LogP contribution in [0.15, 0.2) is 23.8 Å². The van der Waals surface area contributed by atoms with Crippen molar-refractivity contribution >= 4 is 34.6 Å². The van der Waals surface area contributed by atoms with Crippen molar-refractivity contribution in [2.75, 3.05) is 13.1 Å². The number of phenols is 1. The number of rotatable bonds is 4. The minimum Gasteiger partial charge on any atom is -0.507 e. The van der Waals surface area contributed by atoms with Crippen molar-refractivity contribution in [2.24, 2.45) is 0 Å². The van der Waals surface area contributed by atoms with E-state index in [1.807, 2.05) is 42.5 Å². The van der Waals surface area contributed by atoms with Crippen molar-refractivity contribution < 1.29 is 9.90 Å². The molecular formula is C14H15IN2O2. The Morgan fingerprint density at radius 3 is 2.58 bits per heavy atom. The summed E-state index contributed by atoms with van der Waals surface area (Å²) in [5.41, 5.74) is 0.824. The van der Waals surface area contributed by atoms with Gasteiger partial charge in [-0.05, 0) is 60.2 Å². The van der Waals surface area contributed by atoms with E-state index in [1.165, 1.54) is 0 Å². The molecular weight excluding hydrogens is 355 g/mol. The molecule has 100 valence electrons. The normalized spacial score (nSPS) is 10.9. The number of likely N-dealkylation sites (N-methyl/N-ethyl adjacent to an activating group) is 1. The number of hydrogen-bond acceptors (Lipinski definition) is 3. The maximum atomic E-state index is 12.1. The third-order valence-corrected chi connectivity index (χ3v) is 3.55.